The molecule has 2 aliphatic rings. The quantitative estimate of drug-likeness (QED) is 0.856. The molecule has 2 aromatic rings. The smallest absolute Gasteiger partial charge is 0.123 e. The zero-order chi connectivity index (χ0) is 16.4. The normalized spacial score (nSPS) is 18.1. The highest BCUT2D eigenvalue weighted by molar-refractivity contribution is 5.68. The summed E-state index contributed by atoms with van der Waals surface area (Å²) in [5, 5.41) is 3.43. The van der Waals surface area contributed by atoms with Crippen LogP contribution in [0.2, 0.25) is 0 Å². The Morgan fingerprint density at radius 2 is 1.71 bits per heavy atom. The lowest BCUT2D eigenvalue weighted by atomic mass is 10.0. The van der Waals surface area contributed by atoms with Crippen LogP contribution in [0.15, 0.2) is 30.3 Å². The van der Waals surface area contributed by atoms with E-state index in [2.05, 4.69) is 16.3 Å². The van der Waals surface area contributed by atoms with Crippen LogP contribution in [0.5, 0.6) is 0 Å². The van der Waals surface area contributed by atoms with Crippen LogP contribution in [0, 0.1) is 5.82 Å². The molecule has 1 aromatic carbocycles. The number of pyridine rings is 1. The van der Waals surface area contributed by atoms with Gasteiger partial charge < -0.3 is 10.2 Å². The number of anilines is 1. The van der Waals surface area contributed by atoms with Gasteiger partial charge >= 0.3 is 0 Å². The molecule has 0 amide bonds. The van der Waals surface area contributed by atoms with E-state index in [0.29, 0.717) is 0 Å². The highest BCUT2D eigenvalue weighted by Gasteiger charge is 2.21. The van der Waals surface area contributed by atoms with Crippen LogP contribution >= 0.6 is 0 Å². The molecule has 2 heterocycles. The molecule has 0 spiro atoms. The first-order valence-corrected chi connectivity index (χ1v) is 9.06. The molecule has 0 unspecified atom stereocenters. The monoisotopic (exact) mass is 325 g/mol. The zero-order valence-electron chi connectivity index (χ0n) is 14.0. The molecular weight excluding hydrogens is 301 g/mol. The summed E-state index contributed by atoms with van der Waals surface area (Å²) in [6, 6.07) is 8.94. The molecule has 0 saturated carbocycles. The van der Waals surface area contributed by atoms with Crippen LogP contribution in [0.4, 0.5) is 10.1 Å². The number of nitrogens with zero attached hydrogens (tertiary/aromatic N) is 2. The third-order valence-electron chi connectivity index (χ3n) is 5.12. The average Bonchev–Trinajstić information content (AvgIpc) is 2.87. The number of hydrogen-bond acceptors (Lipinski definition) is 3. The Morgan fingerprint density at radius 3 is 2.50 bits per heavy atom. The summed E-state index contributed by atoms with van der Waals surface area (Å²) in [5.74, 6) is -0.198. The maximum atomic E-state index is 13.3. The number of nitrogens with one attached hydrogen (secondary N) is 1. The number of hydrogen-bond donors (Lipinski definition) is 1. The number of halogens is 1. The molecule has 4 rings (SSSR count). The van der Waals surface area contributed by atoms with Crippen LogP contribution in [0.1, 0.15) is 30.5 Å². The average molecular weight is 325 g/mol. The van der Waals surface area contributed by atoms with Crippen molar-refractivity contribution in [1.82, 2.24) is 10.3 Å². The Labute approximate surface area is 142 Å². The number of rotatable bonds is 2. The Balaban J connectivity index is 1.80. The highest BCUT2D eigenvalue weighted by atomic mass is 19.1. The summed E-state index contributed by atoms with van der Waals surface area (Å²) in [5.41, 5.74) is 6.02. The first kappa shape index (κ1) is 15.6. The topological polar surface area (TPSA) is 28.2 Å². The van der Waals surface area contributed by atoms with Crippen molar-refractivity contribution in [2.75, 3.05) is 31.1 Å². The van der Waals surface area contributed by atoms with E-state index in [1.54, 1.807) is 0 Å². The van der Waals surface area contributed by atoms with Gasteiger partial charge in [-0.1, -0.05) is 6.42 Å². The second-order valence-electron chi connectivity index (χ2n) is 6.76. The summed E-state index contributed by atoms with van der Waals surface area (Å²) in [6.45, 7) is 4.14. The van der Waals surface area contributed by atoms with Crippen LogP contribution in [0.3, 0.4) is 0 Å². The van der Waals surface area contributed by atoms with E-state index in [1.807, 2.05) is 12.1 Å². The zero-order valence-corrected chi connectivity index (χ0v) is 14.0. The molecule has 0 radical (unpaired) electrons. The predicted molar refractivity (Wildman–Crippen MR) is 96.0 cm³/mol. The van der Waals surface area contributed by atoms with Crippen LogP contribution in [-0.4, -0.2) is 31.2 Å². The lowest BCUT2D eigenvalue weighted by Gasteiger charge is -2.32. The van der Waals surface area contributed by atoms with Crippen molar-refractivity contribution in [3.8, 4) is 11.3 Å². The highest BCUT2D eigenvalue weighted by Crippen LogP contribution is 2.33. The number of benzene rings is 1. The molecule has 1 saturated heterocycles. The van der Waals surface area contributed by atoms with Gasteiger partial charge in [-0.3, -0.25) is 4.98 Å². The van der Waals surface area contributed by atoms with Gasteiger partial charge in [0.2, 0.25) is 0 Å². The first-order chi connectivity index (χ1) is 11.8. The van der Waals surface area contributed by atoms with Gasteiger partial charge in [0, 0.05) is 43.1 Å². The molecule has 3 nitrogen and oxygen atoms in total. The number of aromatic nitrogens is 1. The molecule has 1 fully saturated rings. The summed E-state index contributed by atoms with van der Waals surface area (Å²) >= 11 is 0. The minimum atomic E-state index is -0.198. The minimum Gasteiger partial charge on any atom is -0.369 e. The lowest BCUT2D eigenvalue weighted by Crippen LogP contribution is -2.44. The van der Waals surface area contributed by atoms with Gasteiger partial charge in [0.15, 0.2) is 0 Å². The van der Waals surface area contributed by atoms with Gasteiger partial charge in [-0.2, -0.15) is 0 Å². The summed E-state index contributed by atoms with van der Waals surface area (Å²) in [4.78, 5) is 7.46. The van der Waals surface area contributed by atoms with E-state index in [0.717, 1.165) is 50.3 Å². The van der Waals surface area contributed by atoms with Gasteiger partial charge in [-0.05, 0) is 61.6 Å². The van der Waals surface area contributed by atoms with E-state index in [9.17, 15) is 4.39 Å². The van der Waals surface area contributed by atoms with Crippen molar-refractivity contribution in [1.29, 1.82) is 0 Å². The summed E-state index contributed by atoms with van der Waals surface area (Å²) in [7, 11) is 0. The van der Waals surface area contributed by atoms with E-state index < -0.39 is 0 Å². The number of aryl methyl sites for hydroxylation is 1. The molecule has 0 atom stereocenters. The molecule has 0 bridgehead atoms. The Kier molecular flexibility index (Phi) is 4.48. The van der Waals surface area contributed by atoms with E-state index >= 15 is 0 Å². The maximum Gasteiger partial charge on any atom is 0.123 e. The molecule has 126 valence electrons. The predicted octanol–water partition coefficient (Wildman–Crippen LogP) is 3.57. The number of piperazine rings is 1. The fourth-order valence-corrected chi connectivity index (χ4v) is 3.82. The van der Waals surface area contributed by atoms with Crippen molar-refractivity contribution in [3.63, 3.8) is 0 Å². The van der Waals surface area contributed by atoms with Crippen LogP contribution in [0.25, 0.3) is 11.3 Å². The third-order valence-corrected chi connectivity index (χ3v) is 5.12. The van der Waals surface area contributed by atoms with E-state index in [-0.39, 0.29) is 5.82 Å². The minimum absolute atomic E-state index is 0.198. The molecule has 1 aliphatic heterocycles. The van der Waals surface area contributed by atoms with E-state index in [4.69, 9.17) is 4.98 Å². The molecular formula is C20H24FN3. The van der Waals surface area contributed by atoms with Gasteiger partial charge in [0.05, 0.1) is 5.69 Å². The Hall–Kier alpha value is -1.94. The van der Waals surface area contributed by atoms with Gasteiger partial charge in [-0.25, -0.2) is 4.39 Å². The molecule has 1 aromatic heterocycles. The second-order valence-corrected chi connectivity index (χ2v) is 6.76. The maximum absolute atomic E-state index is 13.3. The van der Waals surface area contributed by atoms with E-state index in [1.165, 1.54) is 48.3 Å². The van der Waals surface area contributed by atoms with Crippen molar-refractivity contribution >= 4 is 5.69 Å². The van der Waals surface area contributed by atoms with Crippen LogP contribution < -0.4 is 10.2 Å². The van der Waals surface area contributed by atoms with Crippen molar-refractivity contribution in [2.24, 2.45) is 0 Å². The molecule has 24 heavy (non-hydrogen) atoms. The molecule has 1 N–H and O–H groups in total. The Morgan fingerprint density at radius 1 is 0.958 bits per heavy atom. The van der Waals surface area contributed by atoms with Gasteiger partial charge in [0.25, 0.3) is 0 Å². The van der Waals surface area contributed by atoms with Crippen molar-refractivity contribution in [3.05, 3.63) is 47.4 Å². The second kappa shape index (κ2) is 6.89. The standard InChI is InChI=1S/C20H24FN3/c21-16-8-6-15(7-9-16)19-14-20(24-12-10-22-11-13-24)17-4-2-1-3-5-18(17)23-19/h6-9,14,22H,1-5,10-13H2. The lowest BCUT2D eigenvalue weighted by molar-refractivity contribution is 0.587. The first-order valence-electron chi connectivity index (χ1n) is 9.06. The molecule has 4 heteroatoms. The number of fused-ring (bicyclic) bond motifs is 1. The largest absolute Gasteiger partial charge is 0.369 e. The van der Waals surface area contributed by atoms with Gasteiger partial charge in [-0.15, -0.1) is 0 Å². The van der Waals surface area contributed by atoms with Crippen molar-refractivity contribution in [2.45, 2.75) is 32.1 Å². The molecule has 1 aliphatic carbocycles. The van der Waals surface area contributed by atoms with Gasteiger partial charge in [0.1, 0.15) is 5.82 Å². The fourth-order valence-electron chi connectivity index (χ4n) is 3.82. The summed E-state index contributed by atoms with van der Waals surface area (Å²) in [6.07, 6.45) is 5.94. The summed E-state index contributed by atoms with van der Waals surface area (Å²) < 4.78 is 13.3. The fraction of sp³-hybridized carbons (Fsp3) is 0.450. The van der Waals surface area contributed by atoms with Crippen LogP contribution in [-0.2, 0) is 12.8 Å². The van der Waals surface area contributed by atoms with Crippen molar-refractivity contribution < 1.29 is 4.39 Å². The Bertz CT molecular complexity index is 706. The third kappa shape index (κ3) is 3.16. The SMILES string of the molecule is Fc1ccc(-c2cc(N3CCNCC3)c3c(n2)CCCCC3)cc1.